The van der Waals surface area contributed by atoms with Crippen molar-refractivity contribution in [3.8, 4) is 0 Å². The molecule has 0 amide bonds. The maximum Gasteiger partial charge on any atom is 0.0561 e. The molecule has 0 heterocycles. The Bertz CT molecular complexity index is 2340. The van der Waals surface area contributed by atoms with Crippen molar-refractivity contribution < 1.29 is 0 Å². The Morgan fingerprint density at radius 2 is 0.655 bits per heavy atom. The quantitative estimate of drug-likeness (QED) is 0.126. The summed E-state index contributed by atoms with van der Waals surface area (Å²) in [5, 5.41) is 0. The van der Waals surface area contributed by atoms with Crippen LogP contribution in [-0.2, 0) is 0 Å². The molecule has 0 radical (unpaired) electrons. The smallest absolute Gasteiger partial charge is 0.0561 e. The molecule has 9 rings (SSSR count). The van der Waals surface area contributed by atoms with Crippen LogP contribution in [0.1, 0.15) is 44.9 Å². The highest BCUT2D eigenvalue weighted by Gasteiger charge is 2.25. The highest BCUT2D eigenvalue weighted by molar-refractivity contribution is 5.76. The van der Waals surface area contributed by atoms with Crippen molar-refractivity contribution in [2.45, 2.75) is 51.0 Å². The van der Waals surface area contributed by atoms with E-state index < -0.39 is 0 Å². The molecule has 0 bridgehead atoms. The third-order valence-electron chi connectivity index (χ3n) is 11.2. The van der Waals surface area contributed by atoms with Gasteiger partial charge in [-0.3, -0.25) is 0 Å². The standard InChI is InChI=1S/C54H50N4/c1-7-19-43(20-8-1)55(44-21-9-2-10-22-44)49-31-37-52(38-32-49)58(53-39-33-50(34-40-53)56(45-23-11-3-12-24-45)46-25-13-4-14-26-46)54-41-35-51(36-42-54)57(47-27-15-5-16-28-47)48-29-17-6-18-30-48/h1-3,7-13,15,17,19-37,39-42,52H,4-6,14,16,18,38H2. The van der Waals surface area contributed by atoms with Crippen LogP contribution in [-0.4, -0.2) is 6.04 Å². The summed E-state index contributed by atoms with van der Waals surface area (Å²) in [7, 11) is 0. The zero-order chi connectivity index (χ0) is 38.9. The van der Waals surface area contributed by atoms with Crippen LogP contribution < -0.4 is 19.6 Å². The van der Waals surface area contributed by atoms with Gasteiger partial charge in [0.15, 0.2) is 0 Å². The van der Waals surface area contributed by atoms with Crippen LogP contribution in [0, 0.1) is 0 Å². The van der Waals surface area contributed by atoms with Gasteiger partial charge in [0.25, 0.3) is 0 Å². The molecule has 4 nitrogen and oxygen atoms in total. The third kappa shape index (κ3) is 8.05. The summed E-state index contributed by atoms with van der Waals surface area (Å²) < 4.78 is 0. The van der Waals surface area contributed by atoms with E-state index in [9.17, 15) is 0 Å². The molecule has 58 heavy (non-hydrogen) atoms. The normalized spacial score (nSPS) is 17.1. The average Bonchev–Trinajstić information content (AvgIpc) is 3.30. The summed E-state index contributed by atoms with van der Waals surface area (Å²) in [6, 6.07) is 50.5. The maximum atomic E-state index is 2.50. The molecule has 1 unspecified atom stereocenters. The predicted molar refractivity (Wildman–Crippen MR) is 246 cm³/mol. The number of allylic oxidation sites excluding steroid dienone is 10. The molecule has 0 saturated heterocycles. The second-order valence-corrected chi connectivity index (χ2v) is 15.0. The first kappa shape index (κ1) is 36.8. The van der Waals surface area contributed by atoms with Crippen molar-refractivity contribution >= 4 is 39.8 Å². The number of hydrogen-bond acceptors (Lipinski definition) is 4. The Morgan fingerprint density at radius 3 is 1.02 bits per heavy atom. The van der Waals surface area contributed by atoms with Gasteiger partial charge in [0.2, 0.25) is 0 Å². The van der Waals surface area contributed by atoms with Crippen LogP contribution in [0.5, 0.6) is 0 Å². The second-order valence-electron chi connectivity index (χ2n) is 15.0. The van der Waals surface area contributed by atoms with Gasteiger partial charge in [0.1, 0.15) is 0 Å². The minimum atomic E-state index is 0.104. The van der Waals surface area contributed by atoms with Crippen molar-refractivity contribution in [3.05, 3.63) is 235 Å². The van der Waals surface area contributed by atoms with E-state index in [4.69, 9.17) is 0 Å². The van der Waals surface area contributed by atoms with Crippen molar-refractivity contribution in [3.63, 3.8) is 0 Å². The molecule has 0 N–H and O–H groups in total. The Morgan fingerprint density at radius 1 is 0.310 bits per heavy atom. The lowest BCUT2D eigenvalue weighted by Crippen LogP contribution is -2.31. The fourth-order valence-corrected chi connectivity index (χ4v) is 8.38. The van der Waals surface area contributed by atoms with Gasteiger partial charge in [-0.15, -0.1) is 0 Å². The van der Waals surface area contributed by atoms with E-state index >= 15 is 0 Å². The van der Waals surface area contributed by atoms with Gasteiger partial charge in [0.05, 0.1) is 6.04 Å². The summed E-state index contributed by atoms with van der Waals surface area (Å²) in [4.78, 5) is 9.64. The van der Waals surface area contributed by atoms with Crippen molar-refractivity contribution in [2.75, 3.05) is 19.6 Å². The van der Waals surface area contributed by atoms with Crippen molar-refractivity contribution in [2.24, 2.45) is 0 Å². The number of hydrogen-bond donors (Lipinski definition) is 0. The number of anilines is 7. The Hall–Kier alpha value is -6.78. The van der Waals surface area contributed by atoms with E-state index in [0.717, 1.165) is 79.1 Å². The molecule has 4 heteroatoms. The van der Waals surface area contributed by atoms with Gasteiger partial charge in [-0.25, -0.2) is 0 Å². The summed E-state index contributed by atoms with van der Waals surface area (Å²) in [6.07, 6.45) is 35.1. The molecule has 5 aromatic rings. The number of nitrogens with zero attached hydrogens (tertiary/aromatic N) is 4. The fourth-order valence-electron chi connectivity index (χ4n) is 8.38. The van der Waals surface area contributed by atoms with E-state index in [1.807, 2.05) is 0 Å². The lowest BCUT2D eigenvalue weighted by Gasteiger charge is -2.36. The first-order chi connectivity index (χ1) is 28.8. The van der Waals surface area contributed by atoms with Crippen LogP contribution >= 0.6 is 0 Å². The topological polar surface area (TPSA) is 13.0 Å². The first-order valence-corrected chi connectivity index (χ1v) is 20.8. The molecule has 0 saturated carbocycles. The van der Waals surface area contributed by atoms with Gasteiger partial charge in [-0.1, -0.05) is 103 Å². The molecule has 4 aliphatic carbocycles. The summed E-state index contributed by atoms with van der Waals surface area (Å²) in [6.45, 7) is 0. The SMILES string of the molecule is C1=CC(N(C2=CCCC=C2)c2ccc(N(c3ccc(N(C4=CCCC=C4)c4ccccc4)cc3)C3C=CC(N(c4ccccc4)c4ccccc4)=CC3)cc2)=CCC1. The maximum absolute atomic E-state index is 2.50. The van der Waals surface area contributed by atoms with Gasteiger partial charge in [0, 0.05) is 62.6 Å². The Kier molecular flexibility index (Phi) is 11.2. The van der Waals surface area contributed by atoms with E-state index in [1.165, 1.54) is 28.5 Å². The summed E-state index contributed by atoms with van der Waals surface area (Å²) in [5.74, 6) is 0. The summed E-state index contributed by atoms with van der Waals surface area (Å²) in [5.41, 5.74) is 12.9. The molecule has 0 spiro atoms. The molecule has 4 aliphatic rings. The van der Waals surface area contributed by atoms with Crippen LogP contribution in [0.25, 0.3) is 0 Å². The number of rotatable bonds is 12. The second kappa shape index (κ2) is 17.6. The Balaban J connectivity index is 1.08. The van der Waals surface area contributed by atoms with Crippen molar-refractivity contribution in [1.29, 1.82) is 0 Å². The lowest BCUT2D eigenvalue weighted by molar-refractivity contribution is 0.776. The number of para-hydroxylation sites is 3. The van der Waals surface area contributed by atoms with E-state index in [2.05, 4.69) is 232 Å². The molecule has 1 atom stereocenters. The van der Waals surface area contributed by atoms with Crippen LogP contribution in [0.2, 0.25) is 0 Å². The first-order valence-electron chi connectivity index (χ1n) is 20.8. The van der Waals surface area contributed by atoms with Gasteiger partial charge >= 0.3 is 0 Å². The monoisotopic (exact) mass is 754 g/mol. The van der Waals surface area contributed by atoms with Gasteiger partial charge < -0.3 is 19.6 Å². The average molecular weight is 755 g/mol. The number of benzene rings is 5. The van der Waals surface area contributed by atoms with Gasteiger partial charge in [-0.05, 0) is 154 Å². The van der Waals surface area contributed by atoms with Gasteiger partial charge in [-0.2, -0.15) is 0 Å². The minimum absolute atomic E-state index is 0.104. The third-order valence-corrected chi connectivity index (χ3v) is 11.2. The van der Waals surface area contributed by atoms with Crippen molar-refractivity contribution in [1.82, 2.24) is 0 Å². The zero-order valence-electron chi connectivity index (χ0n) is 33.0. The largest absolute Gasteiger partial charge is 0.334 e. The highest BCUT2D eigenvalue weighted by atomic mass is 15.2. The van der Waals surface area contributed by atoms with E-state index in [-0.39, 0.29) is 6.04 Å². The lowest BCUT2D eigenvalue weighted by atomic mass is 10.0. The van der Waals surface area contributed by atoms with E-state index in [1.54, 1.807) is 0 Å². The molecular formula is C54H50N4. The molecule has 0 aromatic heterocycles. The zero-order valence-corrected chi connectivity index (χ0v) is 33.0. The molecule has 286 valence electrons. The fraction of sp³-hybridized carbons (Fsp3) is 0.148. The van der Waals surface area contributed by atoms with Crippen LogP contribution in [0.15, 0.2) is 235 Å². The van der Waals surface area contributed by atoms with Crippen LogP contribution in [0.3, 0.4) is 0 Å². The highest BCUT2D eigenvalue weighted by Crippen LogP contribution is 2.40. The van der Waals surface area contributed by atoms with E-state index in [0.29, 0.717) is 0 Å². The predicted octanol–water partition coefficient (Wildman–Crippen LogP) is 14.5. The Labute approximate surface area is 344 Å². The van der Waals surface area contributed by atoms with Crippen LogP contribution in [0.4, 0.5) is 39.8 Å². The molecular weight excluding hydrogens is 705 g/mol. The molecule has 5 aromatic carbocycles. The molecule has 0 aliphatic heterocycles. The summed E-state index contributed by atoms with van der Waals surface area (Å²) >= 11 is 0. The minimum Gasteiger partial charge on any atom is -0.334 e. The molecule has 0 fully saturated rings.